The van der Waals surface area contributed by atoms with Gasteiger partial charge in [0.05, 0.1) is 0 Å². The van der Waals surface area contributed by atoms with Crippen LogP contribution in [0.15, 0.2) is 24.3 Å². The third kappa shape index (κ3) is 14.5. The summed E-state index contributed by atoms with van der Waals surface area (Å²) in [4.78, 5) is 0. The van der Waals surface area contributed by atoms with Gasteiger partial charge >= 0.3 is 0 Å². The second-order valence-corrected chi connectivity index (χ2v) is 11.9. The van der Waals surface area contributed by atoms with E-state index in [1.54, 1.807) is 0 Å². The summed E-state index contributed by atoms with van der Waals surface area (Å²) in [5.74, 6) is 6.46. The van der Waals surface area contributed by atoms with Crippen molar-refractivity contribution < 1.29 is 0 Å². The predicted octanol–water partition coefficient (Wildman–Crippen LogP) is 8.78. The first kappa shape index (κ1) is 28.0. The van der Waals surface area contributed by atoms with Crippen LogP contribution >= 0.6 is 0 Å². The molecule has 0 amide bonds. The van der Waals surface area contributed by atoms with Gasteiger partial charge < -0.3 is 0 Å². The first-order valence-electron chi connectivity index (χ1n) is 9.99. The summed E-state index contributed by atoms with van der Waals surface area (Å²) in [6.45, 7) is 26.8. The minimum absolute atomic E-state index is 0. The Bertz CT molecular complexity index is 523. The average Bonchev–Trinajstić information content (AvgIpc) is 2.41. The predicted molar refractivity (Wildman–Crippen MR) is 126 cm³/mol. The molecular weight excluding hydrogens is 324 g/mol. The van der Waals surface area contributed by atoms with E-state index in [0.717, 1.165) is 12.8 Å². The molecule has 0 heteroatoms. The molecule has 0 heterocycles. The monoisotopic (exact) mass is 372 g/mol. The van der Waals surface area contributed by atoms with Gasteiger partial charge in [-0.3, -0.25) is 0 Å². The van der Waals surface area contributed by atoms with Crippen molar-refractivity contribution in [3.8, 4) is 11.8 Å². The summed E-state index contributed by atoms with van der Waals surface area (Å²) in [6.07, 6.45) is 2.01. The summed E-state index contributed by atoms with van der Waals surface area (Å²) in [5.41, 5.74) is 4.04. The maximum atomic E-state index is 3.23. The van der Waals surface area contributed by atoms with E-state index in [9.17, 15) is 0 Å². The van der Waals surface area contributed by atoms with Crippen molar-refractivity contribution in [2.75, 3.05) is 0 Å². The number of rotatable bonds is 0. The molecule has 0 atom stereocenters. The number of hydrogen-bond donors (Lipinski definition) is 0. The Morgan fingerprint density at radius 2 is 0.741 bits per heavy atom. The number of benzene rings is 1. The van der Waals surface area contributed by atoms with E-state index in [-0.39, 0.29) is 18.3 Å². The van der Waals surface area contributed by atoms with Crippen LogP contribution in [-0.2, 0) is 10.8 Å². The first-order chi connectivity index (χ1) is 11.4. The SMILES string of the molecule is C.CC(C)(C)CC#CCC(C)(C)C.CC(C)(C)c1ccc(C(C)(C)C)cc1. The van der Waals surface area contributed by atoms with E-state index in [1.165, 1.54) is 11.1 Å². The van der Waals surface area contributed by atoms with Crippen LogP contribution in [0.25, 0.3) is 0 Å². The van der Waals surface area contributed by atoms with E-state index in [4.69, 9.17) is 0 Å². The van der Waals surface area contributed by atoms with Gasteiger partial charge in [-0.15, -0.1) is 11.8 Å². The second kappa shape index (κ2) is 10.4. The molecular formula is C27H48. The Labute approximate surface area is 172 Å². The Kier molecular flexibility index (Phi) is 10.7. The van der Waals surface area contributed by atoms with Crippen molar-refractivity contribution in [1.29, 1.82) is 0 Å². The Hall–Kier alpha value is -1.22. The summed E-state index contributed by atoms with van der Waals surface area (Å²) in [6, 6.07) is 9.00. The van der Waals surface area contributed by atoms with Crippen molar-refractivity contribution in [2.24, 2.45) is 10.8 Å². The fourth-order valence-corrected chi connectivity index (χ4v) is 2.13. The van der Waals surface area contributed by atoms with Gasteiger partial charge in [-0.2, -0.15) is 0 Å². The maximum Gasteiger partial charge on any atom is 0.0137 e. The highest BCUT2D eigenvalue weighted by Gasteiger charge is 2.16. The lowest BCUT2D eigenvalue weighted by Crippen LogP contribution is -2.14. The standard InChI is InChI=1S/C14H22.C12H22.CH4/c1-13(2,3)11-7-9-12(10-8-11)14(4,5)6;1-11(2,3)9-7-8-10-12(4,5)6;/h7-10H,1-6H3;9-10H2,1-6H3;1H4. The van der Waals surface area contributed by atoms with Crippen molar-refractivity contribution in [3.63, 3.8) is 0 Å². The van der Waals surface area contributed by atoms with Gasteiger partial charge in [0.25, 0.3) is 0 Å². The summed E-state index contributed by atoms with van der Waals surface area (Å²) >= 11 is 0. The lowest BCUT2D eigenvalue weighted by molar-refractivity contribution is 0.420. The molecule has 0 aliphatic heterocycles. The van der Waals surface area contributed by atoms with Crippen molar-refractivity contribution in [3.05, 3.63) is 35.4 Å². The Morgan fingerprint density at radius 3 is 0.889 bits per heavy atom. The zero-order chi connectivity index (χ0) is 20.8. The maximum absolute atomic E-state index is 3.23. The zero-order valence-electron chi connectivity index (χ0n) is 19.7. The molecule has 1 rings (SSSR count). The van der Waals surface area contributed by atoms with Crippen LogP contribution in [-0.4, -0.2) is 0 Å². The summed E-state index contributed by atoms with van der Waals surface area (Å²) in [5, 5.41) is 0. The molecule has 1 aromatic rings. The second-order valence-electron chi connectivity index (χ2n) is 11.9. The van der Waals surface area contributed by atoms with Crippen LogP contribution in [0.2, 0.25) is 0 Å². The van der Waals surface area contributed by atoms with Gasteiger partial charge in [0.15, 0.2) is 0 Å². The van der Waals surface area contributed by atoms with Gasteiger partial charge in [-0.1, -0.05) is 115 Å². The lowest BCUT2D eigenvalue weighted by atomic mass is 9.82. The molecule has 0 bridgehead atoms. The van der Waals surface area contributed by atoms with Crippen LogP contribution in [0.4, 0.5) is 0 Å². The van der Waals surface area contributed by atoms with Crippen LogP contribution in [0.5, 0.6) is 0 Å². The molecule has 0 spiro atoms. The van der Waals surface area contributed by atoms with Gasteiger partial charge in [0.2, 0.25) is 0 Å². The highest BCUT2D eigenvalue weighted by Crippen LogP contribution is 2.27. The van der Waals surface area contributed by atoms with Crippen molar-refractivity contribution in [2.45, 2.75) is 114 Å². The van der Waals surface area contributed by atoms with Crippen LogP contribution in [0.1, 0.15) is 114 Å². The fourth-order valence-electron chi connectivity index (χ4n) is 2.13. The fraction of sp³-hybridized carbons (Fsp3) is 0.704. The molecule has 0 aliphatic rings. The molecule has 0 aliphatic carbocycles. The Morgan fingerprint density at radius 1 is 0.519 bits per heavy atom. The topological polar surface area (TPSA) is 0 Å². The minimum atomic E-state index is 0. The van der Waals surface area contributed by atoms with E-state index in [2.05, 4.69) is 119 Å². The van der Waals surface area contributed by atoms with Crippen molar-refractivity contribution >= 4 is 0 Å². The van der Waals surface area contributed by atoms with Crippen LogP contribution in [0, 0.1) is 22.7 Å². The van der Waals surface area contributed by atoms with Gasteiger partial charge in [-0.25, -0.2) is 0 Å². The highest BCUT2D eigenvalue weighted by molar-refractivity contribution is 5.30. The lowest BCUT2D eigenvalue weighted by Gasteiger charge is -2.23. The Balaban J connectivity index is 0. The molecule has 1 aromatic carbocycles. The van der Waals surface area contributed by atoms with Crippen LogP contribution in [0.3, 0.4) is 0 Å². The van der Waals surface area contributed by atoms with E-state index in [0.29, 0.717) is 10.8 Å². The molecule has 0 unspecified atom stereocenters. The molecule has 27 heavy (non-hydrogen) atoms. The molecule has 0 fully saturated rings. The molecule has 0 N–H and O–H groups in total. The molecule has 0 saturated carbocycles. The third-order valence-electron chi connectivity index (χ3n) is 3.98. The van der Waals surface area contributed by atoms with Gasteiger partial charge in [0, 0.05) is 12.8 Å². The molecule has 0 aromatic heterocycles. The normalized spacial score (nSPS) is 12.1. The highest BCUT2D eigenvalue weighted by atomic mass is 14.2. The molecule has 0 nitrogen and oxygen atoms in total. The van der Waals surface area contributed by atoms with Gasteiger partial charge in [0.1, 0.15) is 0 Å². The zero-order valence-corrected chi connectivity index (χ0v) is 19.7. The van der Waals surface area contributed by atoms with E-state index in [1.807, 2.05) is 0 Å². The van der Waals surface area contributed by atoms with Gasteiger partial charge in [-0.05, 0) is 32.8 Å². The first-order valence-corrected chi connectivity index (χ1v) is 9.99. The third-order valence-corrected chi connectivity index (χ3v) is 3.98. The number of hydrogen-bond acceptors (Lipinski definition) is 0. The van der Waals surface area contributed by atoms with E-state index < -0.39 is 0 Å². The average molecular weight is 373 g/mol. The summed E-state index contributed by atoms with van der Waals surface area (Å²) < 4.78 is 0. The smallest absolute Gasteiger partial charge is 0.0137 e. The van der Waals surface area contributed by atoms with Crippen LogP contribution < -0.4 is 0 Å². The minimum Gasteiger partial charge on any atom is -0.103 e. The largest absolute Gasteiger partial charge is 0.103 e. The molecule has 0 radical (unpaired) electrons. The molecule has 156 valence electrons. The summed E-state index contributed by atoms with van der Waals surface area (Å²) in [7, 11) is 0. The molecule has 0 saturated heterocycles. The quantitative estimate of drug-likeness (QED) is 0.399. The van der Waals surface area contributed by atoms with Crippen molar-refractivity contribution in [1.82, 2.24) is 0 Å². The van der Waals surface area contributed by atoms with E-state index >= 15 is 0 Å².